The van der Waals surface area contributed by atoms with E-state index in [-0.39, 0.29) is 0 Å². The first kappa shape index (κ1) is 11.7. The fraction of sp³-hybridized carbons (Fsp3) is 0.636. The van der Waals surface area contributed by atoms with E-state index in [1.807, 2.05) is 4.68 Å². The Hall–Kier alpha value is -1.34. The maximum atomic E-state index is 5.16. The van der Waals surface area contributed by atoms with Gasteiger partial charge < -0.3 is 5.32 Å². The lowest BCUT2D eigenvalue weighted by atomic mass is 10.2. The van der Waals surface area contributed by atoms with Crippen LogP contribution in [0.5, 0.6) is 0 Å². The van der Waals surface area contributed by atoms with E-state index in [0.717, 1.165) is 31.9 Å². The van der Waals surface area contributed by atoms with Gasteiger partial charge in [-0.2, -0.15) is 5.10 Å². The summed E-state index contributed by atoms with van der Waals surface area (Å²) in [5.41, 5.74) is 0. The molecule has 0 aliphatic rings. The number of nitrogens with one attached hydrogen (secondary N) is 1. The summed E-state index contributed by atoms with van der Waals surface area (Å²) in [7, 11) is 0. The van der Waals surface area contributed by atoms with Crippen molar-refractivity contribution in [3.8, 4) is 12.3 Å². The molecule has 0 aliphatic carbocycles. The molecule has 15 heavy (non-hydrogen) atoms. The Bertz CT molecular complexity index is 322. The van der Waals surface area contributed by atoms with Gasteiger partial charge in [-0.15, -0.1) is 12.3 Å². The van der Waals surface area contributed by atoms with Crippen LogP contribution in [-0.4, -0.2) is 21.3 Å². The molecular weight excluding hydrogens is 188 g/mol. The maximum Gasteiger partial charge on any atom is 0.140 e. The van der Waals surface area contributed by atoms with Gasteiger partial charge in [-0.3, -0.25) is 0 Å². The van der Waals surface area contributed by atoms with Gasteiger partial charge in [-0.05, 0) is 5.92 Å². The number of hydrogen-bond acceptors (Lipinski definition) is 3. The largest absolute Gasteiger partial charge is 0.309 e. The van der Waals surface area contributed by atoms with Crippen LogP contribution in [0.1, 0.15) is 26.1 Å². The first-order chi connectivity index (χ1) is 7.24. The molecule has 0 atom stereocenters. The Kier molecular flexibility index (Phi) is 4.85. The Balaban J connectivity index is 2.40. The Labute approximate surface area is 91.1 Å². The number of rotatable bonds is 6. The van der Waals surface area contributed by atoms with Gasteiger partial charge in [0.05, 0.1) is 6.54 Å². The van der Waals surface area contributed by atoms with Crippen LogP contribution in [0, 0.1) is 18.3 Å². The van der Waals surface area contributed by atoms with Crippen molar-refractivity contribution >= 4 is 0 Å². The van der Waals surface area contributed by atoms with Crippen molar-refractivity contribution in [3.63, 3.8) is 0 Å². The zero-order valence-corrected chi connectivity index (χ0v) is 9.40. The number of aromatic nitrogens is 3. The van der Waals surface area contributed by atoms with Crippen LogP contribution in [0.25, 0.3) is 0 Å². The molecule has 0 saturated carbocycles. The zero-order valence-electron chi connectivity index (χ0n) is 9.40. The second-order valence-corrected chi connectivity index (χ2v) is 3.88. The third-order valence-electron chi connectivity index (χ3n) is 1.96. The second kappa shape index (κ2) is 6.20. The molecule has 0 unspecified atom stereocenters. The lowest BCUT2D eigenvalue weighted by molar-refractivity contribution is 0.458. The van der Waals surface area contributed by atoms with Gasteiger partial charge in [0.2, 0.25) is 0 Å². The fourth-order valence-electron chi connectivity index (χ4n) is 1.28. The normalized spacial score (nSPS) is 10.5. The average molecular weight is 206 g/mol. The summed E-state index contributed by atoms with van der Waals surface area (Å²) in [6.07, 6.45) is 7.51. The van der Waals surface area contributed by atoms with Gasteiger partial charge >= 0.3 is 0 Å². The first-order valence-corrected chi connectivity index (χ1v) is 5.25. The van der Waals surface area contributed by atoms with Crippen LogP contribution < -0.4 is 5.32 Å². The third-order valence-corrected chi connectivity index (χ3v) is 1.96. The van der Waals surface area contributed by atoms with E-state index in [0.29, 0.717) is 5.92 Å². The molecule has 0 aliphatic heterocycles. The fourth-order valence-corrected chi connectivity index (χ4v) is 1.28. The topological polar surface area (TPSA) is 42.7 Å². The van der Waals surface area contributed by atoms with Gasteiger partial charge in [-0.25, -0.2) is 9.67 Å². The molecule has 0 spiro atoms. The molecule has 0 saturated heterocycles. The van der Waals surface area contributed by atoms with Crippen LogP contribution >= 0.6 is 0 Å². The monoisotopic (exact) mass is 206 g/mol. The molecule has 4 heteroatoms. The van der Waals surface area contributed by atoms with Crippen molar-refractivity contribution in [2.45, 2.75) is 33.4 Å². The third kappa shape index (κ3) is 4.13. The Morgan fingerprint density at radius 3 is 3.07 bits per heavy atom. The van der Waals surface area contributed by atoms with E-state index in [9.17, 15) is 0 Å². The molecule has 0 bridgehead atoms. The highest BCUT2D eigenvalue weighted by Crippen LogP contribution is 2.00. The summed E-state index contributed by atoms with van der Waals surface area (Å²) in [6.45, 7) is 6.79. The Morgan fingerprint density at radius 2 is 2.40 bits per heavy atom. The number of nitrogens with zero attached hydrogens (tertiary/aromatic N) is 3. The van der Waals surface area contributed by atoms with Gasteiger partial charge in [0, 0.05) is 19.5 Å². The molecule has 0 fully saturated rings. The van der Waals surface area contributed by atoms with Crippen LogP contribution in [0.2, 0.25) is 0 Å². The molecular formula is C11H18N4. The van der Waals surface area contributed by atoms with Crippen LogP contribution in [0.3, 0.4) is 0 Å². The molecule has 0 amide bonds. The standard InChI is InChI=1S/C11H18N4/c1-4-5-6-12-7-11-13-9-14-15(11)8-10(2)3/h1,9-10,12H,5-8H2,2-3H3. The van der Waals surface area contributed by atoms with E-state index in [1.54, 1.807) is 6.33 Å². The van der Waals surface area contributed by atoms with E-state index in [4.69, 9.17) is 6.42 Å². The molecule has 0 radical (unpaired) electrons. The van der Waals surface area contributed by atoms with Gasteiger partial charge in [0.1, 0.15) is 12.2 Å². The number of hydrogen-bond donors (Lipinski definition) is 1. The quantitative estimate of drug-likeness (QED) is 0.559. The minimum atomic E-state index is 0.580. The van der Waals surface area contributed by atoms with Crippen molar-refractivity contribution in [2.24, 2.45) is 5.92 Å². The van der Waals surface area contributed by atoms with Gasteiger partial charge in [-0.1, -0.05) is 13.8 Å². The molecule has 1 N–H and O–H groups in total. The SMILES string of the molecule is C#CCCNCc1ncnn1CC(C)C. The summed E-state index contributed by atoms with van der Waals surface area (Å²) in [5.74, 6) is 4.14. The van der Waals surface area contributed by atoms with Crippen LogP contribution in [0.15, 0.2) is 6.33 Å². The van der Waals surface area contributed by atoms with Crippen molar-refractivity contribution in [1.29, 1.82) is 0 Å². The summed E-state index contributed by atoms with van der Waals surface area (Å²) >= 11 is 0. The van der Waals surface area contributed by atoms with E-state index in [1.165, 1.54) is 0 Å². The minimum absolute atomic E-state index is 0.580. The highest BCUT2D eigenvalue weighted by molar-refractivity contribution is 4.87. The molecule has 1 aromatic rings. The predicted octanol–water partition coefficient (Wildman–Crippen LogP) is 1.05. The second-order valence-electron chi connectivity index (χ2n) is 3.88. The van der Waals surface area contributed by atoms with E-state index >= 15 is 0 Å². The van der Waals surface area contributed by atoms with Crippen molar-refractivity contribution in [3.05, 3.63) is 12.2 Å². The van der Waals surface area contributed by atoms with Crippen molar-refractivity contribution < 1.29 is 0 Å². The van der Waals surface area contributed by atoms with Crippen LogP contribution in [0.4, 0.5) is 0 Å². The van der Waals surface area contributed by atoms with Crippen molar-refractivity contribution in [1.82, 2.24) is 20.1 Å². The predicted molar refractivity (Wildman–Crippen MR) is 60.0 cm³/mol. The Morgan fingerprint density at radius 1 is 1.60 bits per heavy atom. The molecule has 0 aromatic carbocycles. The highest BCUT2D eigenvalue weighted by atomic mass is 15.3. The highest BCUT2D eigenvalue weighted by Gasteiger charge is 2.04. The summed E-state index contributed by atoms with van der Waals surface area (Å²) in [6, 6.07) is 0. The smallest absolute Gasteiger partial charge is 0.140 e. The molecule has 1 rings (SSSR count). The summed E-state index contributed by atoms with van der Waals surface area (Å²) < 4.78 is 1.94. The van der Waals surface area contributed by atoms with Gasteiger partial charge in [0.25, 0.3) is 0 Å². The molecule has 4 nitrogen and oxygen atoms in total. The van der Waals surface area contributed by atoms with Gasteiger partial charge in [0.15, 0.2) is 0 Å². The maximum absolute atomic E-state index is 5.16. The average Bonchev–Trinajstić information content (AvgIpc) is 2.59. The molecule has 82 valence electrons. The van der Waals surface area contributed by atoms with Crippen molar-refractivity contribution in [2.75, 3.05) is 6.54 Å². The van der Waals surface area contributed by atoms with E-state index < -0.39 is 0 Å². The lowest BCUT2D eigenvalue weighted by Gasteiger charge is -2.08. The van der Waals surface area contributed by atoms with Crippen LogP contribution in [-0.2, 0) is 13.1 Å². The summed E-state index contributed by atoms with van der Waals surface area (Å²) in [5, 5.41) is 7.42. The molecule has 1 heterocycles. The summed E-state index contributed by atoms with van der Waals surface area (Å²) in [4.78, 5) is 4.20. The van der Waals surface area contributed by atoms with E-state index in [2.05, 4.69) is 35.2 Å². The molecule has 1 aromatic heterocycles. The lowest BCUT2D eigenvalue weighted by Crippen LogP contribution is -2.19. The number of terminal acetylenes is 1. The zero-order chi connectivity index (χ0) is 11.1. The first-order valence-electron chi connectivity index (χ1n) is 5.25. The minimum Gasteiger partial charge on any atom is -0.309 e.